The van der Waals surface area contributed by atoms with Crippen LogP contribution in [0.4, 0.5) is 17.5 Å². The predicted molar refractivity (Wildman–Crippen MR) is 98.7 cm³/mol. The Kier molecular flexibility index (Phi) is 4.96. The molecule has 24 heavy (non-hydrogen) atoms. The molecule has 0 saturated carbocycles. The van der Waals surface area contributed by atoms with Gasteiger partial charge in [0.05, 0.1) is 12.9 Å². The first kappa shape index (κ1) is 16.7. The lowest BCUT2D eigenvalue weighted by atomic mass is 10.3. The number of aromatic nitrogens is 4. The molecule has 3 rings (SSSR count). The maximum absolute atomic E-state index is 9.02. The summed E-state index contributed by atoms with van der Waals surface area (Å²) >= 11 is 3.43. The van der Waals surface area contributed by atoms with E-state index >= 15 is 0 Å². The van der Waals surface area contributed by atoms with E-state index in [0.29, 0.717) is 23.8 Å². The molecule has 2 aromatic heterocycles. The minimum Gasteiger partial charge on any atom is -0.395 e. The van der Waals surface area contributed by atoms with Gasteiger partial charge in [0.1, 0.15) is 0 Å². The molecule has 0 spiro atoms. The van der Waals surface area contributed by atoms with Crippen LogP contribution < -0.4 is 10.6 Å². The van der Waals surface area contributed by atoms with Crippen molar-refractivity contribution in [2.24, 2.45) is 0 Å². The van der Waals surface area contributed by atoms with Crippen LogP contribution in [0.5, 0.6) is 0 Å². The van der Waals surface area contributed by atoms with Crippen LogP contribution in [-0.2, 0) is 0 Å². The third-order valence-corrected chi connectivity index (χ3v) is 4.01. The van der Waals surface area contributed by atoms with Crippen molar-refractivity contribution >= 4 is 44.5 Å². The molecule has 0 saturated heterocycles. The fourth-order valence-corrected chi connectivity index (χ4v) is 2.56. The first-order valence-corrected chi connectivity index (χ1v) is 8.49. The first-order chi connectivity index (χ1) is 11.6. The highest BCUT2D eigenvalue weighted by Gasteiger charge is 2.15. The van der Waals surface area contributed by atoms with Gasteiger partial charge in [0, 0.05) is 22.7 Å². The molecule has 0 bridgehead atoms. The van der Waals surface area contributed by atoms with E-state index < -0.39 is 0 Å². The van der Waals surface area contributed by atoms with Crippen molar-refractivity contribution in [1.82, 2.24) is 19.5 Å². The Hall–Kier alpha value is -2.19. The number of hydrogen-bond donors (Lipinski definition) is 3. The summed E-state index contributed by atoms with van der Waals surface area (Å²) in [6.07, 6.45) is 1.77. The van der Waals surface area contributed by atoms with Crippen LogP contribution in [0.3, 0.4) is 0 Å². The second-order valence-corrected chi connectivity index (χ2v) is 6.51. The normalized spacial score (nSPS) is 11.2. The highest BCUT2D eigenvalue weighted by molar-refractivity contribution is 9.10. The van der Waals surface area contributed by atoms with E-state index in [2.05, 4.69) is 55.4 Å². The van der Waals surface area contributed by atoms with Crippen molar-refractivity contribution in [1.29, 1.82) is 0 Å². The van der Waals surface area contributed by atoms with Gasteiger partial charge in [-0.05, 0) is 38.1 Å². The molecule has 0 atom stereocenters. The summed E-state index contributed by atoms with van der Waals surface area (Å²) in [6, 6.07) is 8.06. The molecule has 0 aliphatic carbocycles. The van der Waals surface area contributed by atoms with E-state index in [9.17, 15) is 0 Å². The number of aliphatic hydroxyl groups excluding tert-OH is 1. The van der Waals surface area contributed by atoms with Crippen LogP contribution in [0.1, 0.15) is 19.9 Å². The van der Waals surface area contributed by atoms with Gasteiger partial charge < -0.3 is 20.3 Å². The van der Waals surface area contributed by atoms with E-state index in [1.54, 1.807) is 6.33 Å². The van der Waals surface area contributed by atoms with Crippen molar-refractivity contribution in [2.75, 3.05) is 23.8 Å². The van der Waals surface area contributed by atoms with Crippen LogP contribution in [0.15, 0.2) is 35.1 Å². The Bertz CT molecular complexity index is 830. The van der Waals surface area contributed by atoms with E-state index in [0.717, 1.165) is 15.8 Å². The van der Waals surface area contributed by atoms with Gasteiger partial charge in [0.2, 0.25) is 5.95 Å². The van der Waals surface area contributed by atoms with Gasteiger partial charge in [0.25, 0.3) is 0 Å². The number of benzene rings is 1. The number of rotatable bonds is 6. The zero-order valence-electron chi connectivity index (χ0n) is 13.5. The van der Waals surface area contributed by atoms with Gasteiger partial charge in [-0.3, -0.25) is 0 Å². The highest BCUT2D eigenvalue weighted by atomic mass is 79.9. The van der Waals surface area contributed by atoms with Gasteiger partial charge in [-0.25, -0.2) is 4.98 Å². The fourth-order valence-electron chi connectivity index (χ4n) is 2.30. The Morgan fingerprint density at radius 1 is 1.21 bits per heavy atom. The second-order valence-electron chi connectivity index (χ2n) is 5.60. The topological polar surface area (TPSA) is 87.9 Å². The van der Waals surface area contributed by atoms with Gasteiger partial charge in [-0.1, -0.05) is 15.9 Å². The Morgan fingerprint density at radius 3 is 2.62 bits per heavy atom. The molecule has 3 N–H and O–H groups in total. The molecular formula is C16H19BrN6O. The summed E-state index contributed by atoms with van der Waals surface area (Å²) in [7, 11) is 0. The number of nitrogens with one attached hydrogen (secondary N) is 2. The lowest BCUT2D eigenvalue weighted by Gasteiger charge is -2.11. The van der Waals surface area contributed by atoms with E-state index in [-0.39, 0.29) is 12.6 Å². The summed E-state index contributed by atoms with van der Waals surface area (Å²) in [4.78, 5) is 13.5. The molecular weight excluding hydrogens is 372 g/mol. The van der Waals surface area contributed by atoms with Crippen LogP contribution in [0.25, 0.3) is 11.2 Å². The predicted octanol–water partition coefficient (Wildman–Crippen LogP) is 3.32. The molecule has 0 radical (unpaired) electrons. The molecule has 0 aliphatic heterocycles. The summed E-state index contributed by atoms with van der Waals surface area (Å²) in [5.41, 5.74) is 2.37. The summed E-state index contributed by atoms with van der Waals surface area (Å²) in [5, 5.41) is 15.3. The zero-order chi connectivity index (χ0) is 17.1. The summed E-state index contributed by atoms with van der Waals surface area (Å²) < 4.78 is 3.00. The quantitative estimate of drug-likeness (QED) is 0.598. The molecule has 0 amide bonds. The SMILES string of the molecule is CC(C)n1cnc2c(Nc3ccc(Br)cc3)nc(NCCO)nc21. The third kappa shape index (κ3) is 3.49. The number of halogens is 1. The number of anilines is 3. The molecule has 3 aromatic rings. The number of aliphatic hydroxyl groups is 1. The average molecular weight is 391 g/mol. The van der Waals surface area contributed by atoms with Crippen molar-refractivity contribution < 1.29 is 5.11 Å². The van der Waals surface area contributed by atoms with Gasteiger partial charge >= 0.3 is 0 Å². The monoisotopic (exact) mass is 390 g/mol. The molecule has 8 heteroatoms. The van der Waals surface area contributed by atoms with Crippen molar-refractivity contribution in [2.45, 2.75) is 19.9 Å². The first-order valence-electron chi connectivity index (χ1n) is 7.70. The summed E-state index contributed by atoms with van der Waals surface area (Å²) in [5.74, 6) is 1.08. The van der Waals surface area contributed by atoms with Crippen molar-refractivity contribution in [3.63, 3.8) is 0 Å². The molecule has 0 aliphatic rings. The Balaban J connectivity index is 2.05. The molecule has 0 unspecified atom stereocenters. The standard InChI is InChI=1S/C16H19BrN6O/c1-10(2)23-9-19-13-14(20-12-5-3-11(17)4-6-12)21-16(18-7-8-24)22-15(13)23/h3-6,9-10,24H,7-8H2,1-2H3,(H2,18,20,21,22). The highest BCUT2D eigenvalue weighted by Crippen LogP contribution is 2.26. The number of fused-ring (bicyclic) bond motifs is 1. The van der Waals surface area contributed by atoms with E-state index in [1.807, 2.05) is 28.8 Å². The maximum Gasteiger partial charge on any atom is 0.226 e. The maximum atomic E-state index is 9.02. The average Bonchev–Trinajstić information content (AvgIpc) is 2.99. The number of nitrogens with zero attached hydrogens (tertiary/aromatic N) is 4. The zero-order valence-corrected chi connectivity index (χ0v) is 15.1. The number of hydrogen-bond acceptors (Lipinski definition) is 6. The van der Waals surface area contributed by atoms with E-state index in [1.165, 1.54) is 0 Å². The van der Waals surface area contributed by atoms with Crippen LogP contribution in [0, 0.1) is 0 Å². The molecule has 2 heterocycles. The van der Waals surface area contributed by atoms with Crippen molar-refractivity contribution in [3.8, 4) is 0 Å². The van der Waals surface area contributed by atoms with Crippen molar-refractivity contribution in [3.05, 3.63) is 35.1 Å². The molecule has 0 fully saturated rings. The number of imidazole rings is 1. The fraction of sp³-hybridized carbons (Fsp3) is 0.312. The largest absolute Gasteiger partial charge is 0.395 e. The smallest absolute Gasteiger partial charge is 0.226 e. The minimum absolute atomic E-state index is 0.0142. The van der Waals surface area contributed by atoms with E-state index in [4.69, 9.17) is 5.11 Å². The minimum atomic E-state index is 0.0142. The van der Waals surface area contributed by atoms with Gasteiger partial charge in [-0.2, -0.15) is 9.97 Å². The molecule has 7 nitrogen and oxygen atoms in total. The molecule has 1 aromatic carbocycles. The Morgan fingerprint density at radius 2 is 1.96 bits per heavy atom. The van der Waals surface area contributed by atoms with Gasteiger partial charge in [0.15, 0.2) is 17.0 Å². The molecule has 126 valence electrons. The lowest BCUT2D eigenvalue weighted by Crippen LogP contribution is -2.11. The van der Waals surface area contributed by atoms with Crippen LogP contribution >= 0.6 is 15.9 Å². The summed E-state index contributed by atoms with van der Waals surface area (Å²) in [6.45, 7) is 4.55. The lowest BCUT2D eigenvalue weighted by molar-refractivity contribution is 0.311. The van der Waals surface area contributed by atoms with Crippen LogP contribution in [0.2, 0.25) is 0 Å². The van der Waals surface area contributed by atoms with Gasteiger partial charge in [-0.15, -0.1) is 0 Å². The third-order valence-electron chi connectivity index (χ3n) is 3.48. The second kappa shape index (κ2) is 7.14. The van der Waals surface area contributed by atoms with Crippen LogP contribution in [-0.4, -0.2) is 37.8 Å². The Labute approximate surface area is 148 Å².